The molecule has 0 atom stereocenters. The van der Waals surface area contributed by atoms with Crippen molar-refractivity contribution in [3.63, 3.8) is 0 Å². The molecule has 4 amide bonds. The Morgan fingerprint density at radius 2 is 1.86 bits per heavy atom. The molecule has 1 aliphatic heterocycles. The topological polar surface area (TPSA) is 87.7 Å². The van der Waals surface area contributed by atoms with Crippen LogP contribution < -0.4 is 10.6 Å². The number of hydrogen-bond donors (Lipinski definition) is 2. The second-order valence-electron chi connectivity index (χ2n) is 6.27. The van der Waals surface area contributed by atoms with Crippen LogP contribution in [0, 0.1) is 0 Å². The van der Waals surface area contributed by atoms with E-state index in [0.29, 0.717) is 42.9 Å². The normalized spacial score (nSPS) is 12.9. The molecular formula is C20H20BrN3O4. The molecule has 2 N–H and O–H groups in total. The lowest BCUT2D eigenvalue weighted by atomic mass is 10.1. The number of hydrogen-bond acceptors (Lipinski definition) is 4. The number of ether oxygens (including phenoxy) is 1. The Morgan fingerprint density at radius 1 is 1.11 bits per heavy atom. The molecule has 0 saturated heterocycles. The average molecular weight is 446 g/mol. The van der Waals surface area contributed by atoms with Gasteiger partial charge in [0.2, 0.25) is 0 Å². The number of nitrogens with zero attached hydrogens (tertiary/aromatic N) is 1. The van der Waals surface area contributed by atoms with Gasteiger partial charge in [0.15, 0.2) is 0 Å². The highest BCUT2D eigenvalue weighted by atomic mass is 79.9. The maximum atomic E-state index is 12.5. The molecule has 7 nitrogen and oxygen atoms in total. The predicted octanol–water partition coefficient (Wildman–Crippen LogP) is 3.40. The Balaban J connectivity index is 1.63. The van der Waals surface area contributed by atoms with Crippen molar-refractivity contribution in [3.05, 3.63) is 63.6 Å². The summed E-state index contributed by atoms with van der Waals surface area (Å²) in [5.41, 5.74) is 2.04. The maximum absolute atomic E-state index is 12.5. The fraction of sp³-hybridized carbons (Fsp3) is 0.250. The van der Waals surface area contributed by atoms with Crippen molar-refractivity contribution in [3.8, 4) is 0 Å². The van der Waals surface area contributed by atoms with E-state index in [4.69, 9.17) is 4.74 Å². The Bertz CT molecular complexity index is 916. The summed E-state index contributed by atoms with van der Waals surface area (Å²) in [6.07, 6.45) is 0.574. The van der Waals surface area contributed by atoms with Crippen molar-refractivity contribution in [2.45, 2.75) is 13.0 Å². The lowest BCUT2D eigenvalue weighted by Gasteiger charge is -2.12. The van der Waals surface area contributed by atoms with Crippen LogP contribution in [-0.2, 0) is 11.3 Å². The quantitative estimate of drug-likeness (QED) is 0.504. The van der Waals surface area contributed by atoms with Crippen LogP contribution in [0.3, 0.4) is 0 Å². The Kier molecular flexibility index (Phi) is 6.43. The van der Waals surface area contributed by atoms with Gasteiger partial charge >= 0.3 is 6.03 Å². The number of urea groups is 1. The highest BCUT2D eigenvalue weighted by Gasteiger charge is 2.35. The van der Waals surface area contributed by atoms with Crippen molar-refractivity contribution >= 4 is 39.5 Å². The van der Waals surface area contributed by atoms with Crippen molar-refractivity contribution < 1.29 is 19.1 Å². The number of imide groups is 1. The largest absolute Gasteiger partial charge is 0.385 e. The van der Waals surface area contributed by atoms with E-state index in [9.17, 15) is 14.4 Å². The van der Waals surface area contributed by atoms with Crippen LogP contribution in [0.4, 0.5) is 10.5 Å². The molecule has 0 unspecified atom stereocenters. The third kappa shape index (κ3) is 4.40. The smallest absolute Gasteiger partial charge is 0.319 e. The van der Waals surface area contributed by atoms with Crippen LogP contribution in [0.5, 0.6) is 0 Å². The number of benzene rings is 2. The van der Waals surface area contributed by atoms with Gasteiger partial charge in [-0.3, -0.25) is 14.5 Å². The summed E-state index contributed by atoms with van der Waals surface area (Å²) in [5, 5.41) is 5.46. The predicted molar refractivity (Wildman–Crippen MR) is 108 cm³/mol. The molecule has 28 heavy (non-hydrogen) atoms. The van der Waals surface area contributed by atoms with Gasteiger partial charge in [0, 0.05) is 37.0 Å². The van der Waals surface area contributed by atoms with Gasteiger partial charge < -0.3 is 15.4 Å². The summed E-state index contributed by atoms with van der Waals surface area (Å²) in [4.78, 5) is 38.3. The fourth-order valence-corrected chi connectivity index (χ4v) is 3.36. The highest BCUT2D eigenvalue weighted by molar-refractivity contribution is 9.10. The summed E-state index contributed by atoms with van der Waals surface area (Å²) in [6, 6.07) is 11.9. The number of carbonyl (C=O) groups excluding carboxylic acids is 3. The molecule has 0 fully saturated rings. The molecule has 3 rings (SSSR count). The van der Waals surface area contributed by atoms with E-state index in [1.165, 1.54) is 11.0 Å². The molecule has 0 aliphatic carbocycles. The van der Waals surface area contributed by atoms with E-state index < -0.39 is 6.03 Å². The summed E-state index contributed by atoms with van der Waals surface area (Å²) in [7, 11) is 1.57. The van der Waals surface area contributed by atoms with E-state index in [1.54, 1.807) is 19.2 Å². The highest BCUT2D eigenvalue weighted by Crippen LogP contribution is 2.26. The molecule has 146 valence electrons. The Morgan fingerprint density at radius 3 is 2.61 bits per heavy atom. The molecule has 0 aromatic heterocycles. The van der Waals surface area contributed by atoms with Crippen molar-refractivity contribution in [2.24, 2.45) is 0 Å². The summed E-state index contributed by atoms with van der Waals surface area (Å²) in [5.74, 6) is -0.672. The van der Waals surface area contributed by atoms with Crippen LogP contribution in [0.15, 0.2) is 46.9 Å². The van der Waals surface area contributed by atoms with Gasteiger partial charge in [-0.15, -0.1) is 0 Å². The van der Waals surface area contributed by atoms with E-state index in [1.807, 2.05) is 24.3 Å². The Hall–Kier alpha value is -2.71. The van der Waals surface area contributed by atoms with Crippen molar-refractivity contribution in [1.82, 2.24) is 10.2 Å². The fourth-order valence-electron chi connectivity index (χ4n) is 2.93. The zero-order valence-corrected chi connectivity index (χ0v) is 16.9. The second kappa shape index (κ2) is 8.99. The molecule has 2 aromatic rings. The first-order valence-electron chi connectivity index (χ1n) is 8.78. The SMILES string of the molecule is COCCCN1C(=O)c2ccc(NC(=O)NCc3ccccc3Br)cc2C1=O. The number of methoxy groups -OCH3 is 1. The van der Waals surface area contributed by atoms with Gasteiger partial charge in [0.25, 0.3) is 11.8 Å². The molecule has 0 saturated carbocycles. The first-order valence-corrected chi connectivity index (χ1v) is 9.58. The summed E-state index contributed by atoms with van der Waals surface area (Å²) >= 11 is 3.43. The number of fused-ring (bicyclic) bond motifs is 1. The minimum atomic E-state index is -0.399. The monoisotopic (exact) mass is 445 g/mol. The van der Waals surface area contributed by atoms with Gasteiger partial charge in [-0.1, -0.05) is 34.1 Å². The molecule has 2 aromatic carbocycles. The minimum absolute atomic E-state index is 0.297. The van der Waals surface area contributed by atoms with E-state index in [0.717, 1.165) is 10.0 Å². The van der Waals surface area contributed by atoms with Gasteiger partial charge in [-0.2, -0.15) is 0 Å². The number of rotatable bonds is 7. The van der Waals surface area contributed by atoms with Crippen LogP contribution in [0.25, 0.3) is 0 Å². The van der Waals surface area contributed by atoms with Crippen molar-refractivity contribution in [1.29, 1.82) is 0 Å². The third-order valence-corrected chi connectivity index (χ3v) is 5.13. The molecule has 1 heterocycles. The van der Waals surface area contributed by atoms with Gasteiger partial charge in [-0.25, -0.2) is 4.79 Å². The molecule has 0 spiro atoms. The molecule has 0 radical (unpaired) electrons. The average Bonchev–Trinajstić information content (AvgIpc) is 2.92. The lowest BCUT2D eigenvalue weighted by molar-refractivity contribution is 0.0638. The lowest BCUT2D eigenvalue weighted by Crippen LogP contribution is -2.31. The first kappa shape index (κ1) is 20.0. The maximum Gasteiger partial charge on any atom is 0.319 e. The third-order valence-electron chi connectivity index (χ3n) is 4.36. The van der Waals surface area contributed by atoms with Gasteiger partial charge in [0.1, 0.15) is 0 Å². The number of halogens is 1. The van der Waals surface area contributed by atoms with E-state index >= 15 is 0 Å². The van der Waals surface area contributed by atoms with E-state index in [2.05, 4.69) is 26.6 Å². The van der Waals surface area contributed by atoms with Gasteiger partial charge in [-0.05, 0) is 36.2 Å². The standard InChI is InChI=1S/C20H20BrN3O4/c1-28-10-4-9-24-18(25)15-8-7-14(11-16(15)19(24)26)23-20(27)22-12-13-5-2-3-6-17(13)21/h2-3,5-8,11H,4,9-10,12H2,1H3,(H2,22,23,27). The molecule has 8 heteroatoms. The zero-order valence-electron chi connectivity index (χ0n) is 15.3. The number of carbonyl (C=O) groups is 3. The van der Waals surface area contributed by atoms with E-state index in [-0.39, 0.29) is 11.8 Å². The van der Waals surface area contributed by atoms with Crippen LogP contribution in [0.1, 0.15) is 32.7 Å². The number of amides is 4. The molecule has 1 aliphatic rings. The van der Waals surface area contributed by atoms with Crippen LogP contribution in [0.2, 0.25) is 0 Å². The van der Waals surface area contributed by atoms with Crippen molar-refractivity contribution in [2.75, 3.05) is 25.6 Å². The van der Waals surface area contributed by atoms with Crippen LogP contribution >= 0.6 is 15.9 Å². The summed E-state index contributed by atoms with van der Waals surface area (Å²) in [6.45, 7) is 1.12. The summed E-state index contributed by atoms with van der Waals surface area (Å²) < 4.78 is 5.88. The zero-order chi connectivity index (χ0) is 20.1. The van der Waals surface area contributed by atoms with Crippen LogP contribution in [-0.4, -0.2) is 43.0 Å². The molecular weight excluding hydrogens is 426 g/mol. The number of nitrogens with one attached hydrogen (secondary N) is 2. The minimum Gasteiger partial charge on any atom is -0.385 e. The second-order valence-corrected chi connectivity index (χ2v) is 7.12. The molecule has 0 bridgehead atoms. The Labute approximate surface area is 171 Å². The van der Waals surface area contributed by atoms with Gasteiger partial charge in [0.05, 0.1) is 11.1 Å². The first-order chi connectivity index (χ1) is 13.5. The number of anilines is 1.